The first-order valence-electron chi connectivity index (χ1n) is 9.94. The molecule has 0 spiro atoms. The second-order valence-electron chi connectivity index (χ2n) is 7.07. The largest absolute Gasteiger partial charge is 0.450 e. The molecule has 4 rings (SSSR count). The third-order valence-electron chi connectivity index (χ3n) is 5.19. The fourth-order valence-corrected chi connectivity index (χ4v) is 3.70. The number of aromatic nitrogens is 3. The van der Waals surface area contributed by atoms with Gasteiger partial charge in [-0.1, -0.05) is 6.07 Å². The molecule has 2 aromatic heterocycles. The molecule has 0 unspecified atom stereocenters. The van der Waals surface area contributed by atoms with Crippen LogP contribution in [-0.4, -0.2) is 58.2 Å². The fourth-order valence-electron chi connectivity index (χ4n) is 3.70. The van der Waals surface area contributed by atoms with E-state index in [-0.39, 0.29) is 12.1 Å². The highest BCUT2D eigenvalue weighted by Crippen LogP contribution is 2.26. The number of nitrogens with one attached hydrogen (secondary N) is 2. The Bertz CT molecular complexity index is 821. The van der Waals surface area contributed by atoms with Crippen LogP contribution in [0.4, 0.5) is 10.6 Å². The first-order valence-corrected chi connectivity index (χ1v) is 9.94. The number of piperidine rings is 1. The molecule has 1 saturated heterocycles. The number of hydrogen-bond donors (Lipinski definition) is 2. The number of rotatable bonds is 4. The smallest absolute Gasteiger partial charge is 0.409 e. The number of carbonyl (C=O) groups excluding carboxylic acids is 1. The number of hydrogen-bond acceptors (Lipinski definition) is 7. The number of likely N-dealkylation sites (tertiary alicyclic amines) is 1. The van der Waals surface area contributed by atoms with Gasteiger partial charge in [-0.2, -0.15) is 0 Å². The summed E-state index contributed by atoms with van der Waals surface area (Å²) in [4.78, 5) is 27.6. The molecule has 0 aromatic carbocycles. The Morgan fingerprint density at radius 2 is 2.18 bits per heavy atom. The molecule has 0 aliphatic carbocycles. The molecule has 0 radical (unpaired) electrons. The van der Waals surface area contributed by atoms with Gasteiger partial charge in [0.05, 0.1) is 12.3 Å². The van der Waals surface area contributed by atoms with Crippen LogP contribution in [0.5, 0.6) is 0 Å². The number of carbonyl (C=O) groups is 1. The minimum atomic E-state index is -0.219. The van der Waals surface area contributed by atoms with Gasteiger partial charge in [-0.25, -0.2) is 14.8 Å². The summed E-state index contributed by atoms with van der Waals surface area (Å²) >= 11 is 0. The predicted molar refractivity (Wildman–Crippen MR) is 106 cm³/mol. The SMILES string of the molecule is CCOC(=O)N1CCC(Nc2nc(-c3ccccn3)nc3c2CCNC3)CC1. The molecular formula is C20H26N6O2. The van der Waals surface area contributed by atoms with E-state index in [1.165, 1.54) is 5.56 Å². The third-order valence-corrected chi connectivity index (χ3v) is 5.19. The first-order chi connectivity index (χ1) is 13.7. The molecule has 0 saturated carbocycles. The Balaban J connectivity index is 1.52. The summed E-state index contributed by atoms with van der Waals surface area (Å²) in [7, 11) is 0. The number of nitrogens with zero attached hydrogens (tertiary/aromatic N) is 4. The third kappa shape index (κ3) is 4.06. The van der Waals surface area contributed by atoms with Gasteiger partial charge in [-0.05, 0) is 44.9 Å². The van der Waals surface area contributed by atoms with Crippen molar-refractivity contribution < 1.29 is 9.53 Å². The molecule has 2 N–H and O–H groups in total. The molecule has 2 aliphatic heterocycles. The number of pyridine rings is 1. The van der Waals surface area contributed by atoms with Gasteiger partial charge in [-0.15, -0.1) is 0 Å². The molecule has 2 aliphatic rings. The Kier molecular flexibility index (Phi) is 5.66. The van der Waals surface area contributed by atoms with E-state index in [4.69, 9.17) is 14.7 Å². The maximum Gasteiger partial charge on any atom is 0.409 e. The minimum Gasteiger partial charge on any atom is -0.450 e. The summed E-state index contributed by atoms with van der Waals surface area (Å²) in [6.45, 7) is 5.30. The molecule has 4 heterocycles. The van der Waals surface area contributed by atoms with Crippen LogP contribution in [-0.2, 0) is 17.7 Å². The van der Waals surface area contributed by atoms with Crippen molar-refractivity contribution >= 4 is 11.9 Å². The quantitative estimate of drug-likeness (QED) is 0.837. The summed E-state index contributed by atoms with van der Waals surface area (Å²) in [5.74, 6) is 1.55. The zero-order valence-electron chi connectivity index (χ0n) is 16.1. The topological polar surface area (TPSA) is 92.3 Å². The Morgan fingerprint density at radius 3 is 2.93 bits per heavy atom. The zero-order chi connectivity index (χ0) is 19.3. The molecule has 28 heavy (non-hydrogen) atoms. The first kappa shape index (κ1) is 18.6. The summed E-state index contributed by atoms with van der Waals surface area (Å²) in [5.41, 5.74) is 3.00. The highest BCUT2D eigenvalue weighted by molar-refractivity contribution is 5.67. The van der Waals surface area contributed by atoms with Gasteiger partial charge in [0.25, 0.3) is 0 Å². The average Bonchev–Trinajstić information content (AvgIpc) is 2.75. The molecular weight excluding hydrogens is 356 g/mol. The second-order valence-corrected chi connectivity index (χ2v) is 7.07. The average molecular weight is 382 g/mol. The summed E-state index contributed by atoms with van der Waals surface area (Å²) in [6.07, 6.45) is 4.18. The van der Waals surface area contributed by atoms with Gasteiger partial charge < -0.3 is 20.3 Å². The highest BCUT2D eigenvalue weighted by atomic mass is 16.6. The van der Waals surface area contributed by atoms with Crippen molar-refractivity contribution in [2.75, 3.05) is 31.6 Å². The van der Waals surface area contributed by atoms with Crippen molar-refractivity contribution in [2.24, 2.45) is 0 Å². The van der Waals surface area contributed by atoms with Crippen LogP contribution in [0.1, 0.15) is 31.0 Å². The molecule has 1 fully saturated rings. The Morgan fingerprint density at radius 1 is 1.32 bits per heavy atom. The molecule has 8 nitrogen and oxygen atoms in total. The molecule has 2 aromatic rings. The lowest BCUT2D eigenvalue weighted by Gasteiger charge is -2.32. The summed E-state index contributed by atoms with van der Waals surface area (Å²) < 4.78 is 5.11. The van der Waals surface area contributed by atoms with Crippen molar-refractivity contribution in [3.8, 4) is 11.5 Å². The van der Waals surface area contributed by atoms with Crippen LogP contribution in [0.25, 0.3) is 11.5 Å². The highest BCUT2D eigenvalue weighted by Gasteiger charge is 2.26. The van der Waals surface area contributed by atoms with E-state index < -0.39 is 0 Å². The van der Waals surface area contributed by atoms with Crippen molar-refractivity contribution in [1.82, 2.24) is 25.2 Å². The number of fused-ring (bicyclic) bond motifs is 1. The van der Waals surface area contributed by atoms with E-state index in [1.807, 2.05) is 25.1 Å². The number of amides is 1. The molecule has 148 valence electrons. The molecule has 1 amide bonds. The van der Waals surface area contributed by atoms with Crippen LogP contribution in [0.15, 0.2) is 24.4 Å². The van der Waals surface area contributed by atoms with Crippen molar-refractivity contribution in [3.05, 3.63) is 35.7 Å². The van der Waals surface area contributed by atoms with Gasteiger partial charge in [0, 0.05) is 37.4 Å². The summed E-state index contributed by atoms with van der Waals surface area (Å²) in [5, 5.41) is 7.01. The zero-order valence-corrected chi connectivity index (χ0v) is 16.1. The van der Waals surface area contributed by atoms with E-state index in [1.54, 1.807) is 11.1 Å². The van der Waals surface area contributed by atoms with Crippen LogP contribution in [0.3, 0.4) is 0 Å². The monoisotopic (exact) mass is 382 g/mol. The van der Waals surface area contributed by atoms with E-state index in [9.17, 15) is 4.79 Å². The Hall–Kier alpha value is -2.74. The van der Waals surface area contributed by atoms with Crippen molar-refractivity contribution in [3.63, 3.8) is 0 Å². The lowest BCUT2D eigenvalue weighted by Crippen LogP contribution is -2.43. The van der Waals surface area contributed by atoms with E-state index in [0.29, 0.717) is 25.5 Å². The van der Waals surface area contributed by atoms with Gasteiger partial charge in [0.1, 0.15) is 11.5 Å². The molecule has 0 atom stereocenters. The maximum atomic E-state index is 11.9. The minimum absolute atomic E-state index is 0.219. The van der Waals surface area contributed by atoms with Crippen molar-refractivity contribution in [1.29, 1.82) is 0 Å². The standard InChI is InChI=1S/C20H26N6O2/c1-2-28-20(27)26-11-7-14(8-12-26)23-18-15-6-10-21-13-17(15)24-19(25-18)16-5-3-4-9-22-16/h3-5,9,14,21H,2,6-8,10-13H2,1H3,(H,23,24,25). The number of anilines is 1. The van der Waals surface area contributed by atoms with Crippen LogP contribution in [0.2, 0.25) is 0 Å². The normalized spacial score (nSPS) is 17.1. The van der Waals surface area contributed by atoms with Gasteiger partial charge in [0.2, 0.25) is 0 Å². The molecule has 0 bridgehead atoms. The van der Waals surface area contributed by atoms with Gasteiger partial charge >= 0.3 is 6.09 Å². The Labute approximate surface area is 164 Å². The van der Waals surface area contributed by atoms with E-state index in [0.717, 1.165) is 49.6 Å². The summed E-state index contributed by atoms with van der Waals surface area (Å²) in [6, 6.07) is 6.04. The van der Waals surface area contributed by atoms with Crippen LogP contribution < -0.4 is 10.6 Å². The fraction of sp³-hybridized carbons (Fsp3) is 0.500. The van der Waals surface area contributed by atoms with Crippen LogP contribution >= 0.6 is 0 Å². The predicted octanol–water partition coefficient (Wildman–Crippen LogP) is 2.22. The number of ether oxygens (including phenoxy) is 1. The lowest BCUT2D eigenvalue weighted by atomic mass is 10.0. The van der Waals surface area contributed by atoms with Crippen LogP contribution in [0, 0.1) is 0 Å². The van der Waals surface area contributed by atoms with Gasteiger partial charge in [0.15, 0.2) is 5.82 Å². The van der Waals surface area contributed by atoms with E-state index >= 15 is 0 Å². The second kappa shape index (κ2) is 8.52. The lowest BCUT2D eigenvalue weighted by molar-refractivity contribution is 0.0983. The maximum absolute atomic E-state index is 11.9. The van der Waals surface area contributed by atoms with Gasteiger partial charge in [-0.3, -0.25) is 4.98 Å². The van der Waals surface area contributed by atoms with E-state index in [2.05, 4.69) is 15.6 Å². The van der Waals surface area contributed by atoms with Crippen molar-refractivity contribution in [2.45, 2.75) is 38.8 Å². The molecule has 8 heteroatoms.